The molecule has 0 saturated heterocycles. The maximum atomic E-state index is 2.57. The van der Waals surface area contributed by atoms with Crippen molar-refractivity contribution in [1.82, 2.24) is 0 Å². The normalized spacial score (nSPS) is 58.4. The number of hydrogen-bond donors (Lipinski definition) is 0. The second kappa shape index (κ2) is 2.76. The first kappa shape index (κ1) is 10.1. The van der Waals surface area contributed by atoms with Crippen LogP contribution < -0.4 is 0 Å². The minimum atomic E-state index is 0.614. The van der Waals surface area contributed by atoms with E-state index >= 15 is 0 Å². The van der Waals surface area contributed by atoms with Gasteiger partial charge in [0.1, 0.15) is 5.41 Å². The second-order valence-electron chi connectivity index (χ2n) is 7.22. The van der Waals surface area contributed by atoms with Crippen LogP contribution in [0.2, 0.25) is 0 Å². The summed E-state index contributed by atoms with van der Waals surface area (Å²) < 4.78 is 0. The van der Waals surface area contributed by atoms with E-state index in [-0.39, 0.29) is 0 Å². The van der Waals surface area contributed by atoms with E-state index < -0.39 is 0 Å². The molecule has 0 aromatic carbocycles. The monoisotopic (exact) mass is 205 g/mol. The third kappa shape index (κ3) is 1.06. The summed E-state index contributed by atoms with van der Waals surface area (Å²) in [6.45, 7) is 10.1. The zero-order valence-corrected chi connectivity index (χ0v) is 10.8. The van der Waals surface area contributed by atoms with Gasteiger partial charge < -0.3 is 0 Å². The molecule has 0 unspecified atom stereocenters. The van der Waals surface area contributed by atoms with Crippen LogP contribution in [0.15, 0.2) is 0 Å². The Bertz CT molecular complexity index is 282. The van der Waals surface area contributed by atoms with Crippen molar-refractivity contribution in [1.29, 1.82) is 0 Å². The summed E-state index contributed by atoms with van der Waals surface area (Å²) in [6, 6.07) is 0. The van der Waals surface area contributed by atoms with Crippen LogP contribution in [0, 0.1) is 34.5 Å². The lowest BCUT2D eigenvalue weighted by Gasteiger charge is -2.42. The molecule has 15 heavy (non-hydrogen) atoms. The lowest BCUT2D eigenvalue weighted by atomic mass is 9.58. The molecule has 5 atom stereocenters. The van der Waals surface area contributed by atoms with Gasteiger partial charge in [0, 0.05) is 11.3 Å². The molecule has 0 spiro atoms. The molecule has 3 saturated carbocycles. The van der Waals surface area contributed by atoms with Gasteiger partial charge in [-0.2, -0.15) is 0 Å². The van der Waals surface area contributed by atoms with Crippen molar-refractivity contribution in [3.63, 3.8) is 0 Å². The molecular formula is C15H25+. The van der Waals surface area contributed by atoms with Crippen molar-refractivity contribution in [3.8, 4) is 0 Å². The van der Waals surface area contributed by atoms with Gasteiger partial charge in [0.15, 0.2) is 0 Å². The van der Waals surface area contributed by atoms with E-state index in [2.05, 4.69) is 27.7 Å². The predicted octanol–water partition coefficient (Wildman–Crippen LogP) is 4.45. The van der Waals surface area contributed by atoms with Crippen molar-refractivity contribution in [3.05, 3.63) is 5.92 Å². The highest BCUT2D eigenvalue weighted by molar-refractivity contribution is 5.22. The number of rotatable bonds is 0. The van der Waals surface area contributed by atoms with Crippen molar-refractivity contribution in [2.45, 2.75) is 59.8 Å². The molecule has 3 aliphatic rings. The van der Waals surface area contributed by atoms with Gasteiger partial charge in [0.25, 0.3) is 0 Å². The highest BCUT2D eigenvalue weighted by Crippen LogP contribution is 2.71. The van der Waals surface area contributed by atoms with Gasteiger partial charge in [0.2, 0.25) is 0 Å². The zero-order valence-electron chi connectivity index (χ0n) is 10.8. The Morgan fingerprint density at radius 3 is 2.60 bits per heavy atom. The lowest BCUT2D eigenvalue weighted by Crippen LogP contribution is -2.40. The topological polar surface area (TPSA) is 0 Å². The first-order valence-electron chi connectivity index (χ1n) is 6.80. The summed E-state index contributed by atoms with van der Waals surface area (Å²) in [7, 11) is 0. The molecule has 0 bridgehead atoms. The van der Waals surface area contributed by atoms with E-state index in [1.165, 1.54) is 32.1 Å². The van der Waals surface area contributed by atoms with E-state index in [4.69, 9.17) is 0 Å². The molecule has 0 radical (unpaired) electrons. The van der Waals surface area contributed by atoms with Gasteiger partial charge in [-0.1, -0.05) is 13.8 Å². The van der Waals surface area contributed by atoms with Gasteiger partial charge in [-0.3, -0.25) is 0 Å². The molecule has 0 N–H and O–H groups in total. The van der Waals surface area contributed by atoms with Gasteiger partial charge in [-0.05, 0) is 44.4 Å². The summed E-state index contributed by atoms with van der Waals surface area (Å²) >= 11 is 0. The smallest absolute Gasteiger partial charge is 0.0622 e. The lowest BCUT2D eigenvalue weighted by molar-refractivity contribution is 0.0390. The second-order valence-corrected chi connectivity index (χ2v) is 7.22. The molecule has 3 aliphatic carbocycles. The Balaban J connectivity index is 2.04. The Hall–Kier alpha value is -0.130. The maximum Gasteiger partial charge on any atom is 0.111 e. The molecule has 84 valence electrons. The van der Waals surface area contributed by atoms with Crippen molar-refractivity contribution in [2.24, 2.45) is 28.6 Å². The summed E-state index contributed by atoms with van der Waals surface area (Å²) in [6.07, 6.45) is 7.39. The molecule has 0 amide bonds. The van der Waals surface area contributed by atoms with Crippen molar-refractivity contribution >= 4 is 0 Å². The van der Waals surface area contributed by atoms with Crippen LogP contribution in [0.1, 0.15) is 59.8 Å². The third-order valence-electron chi connectivity index (χ3n) is 6.41. The molecule has 0 heteroatoms. The highest BCUT2D eigenvalue weighted by atomic mass is 14.7. The van der Waals surface area contributed by atoms with Crippen molar-refractivity contribution in [2.75, 3.05) is 0 Å². The molecule has 0 nitrogen and oxygen atoms in total. The van der Waals surface area contributed by atoms with E-state index in [9.17, 15) is 0 Å². The summed E-state index contributed by atoms with van der Waals surface area (Å²) in [5.41, 5.74) is 1.29. The van der Waals surface area contributed by atoms with Crippen LogP contribution in [0.3, 0.4) is 0 Å². The fourth-order valence-electron chi connectivity index (χ4n) is 5.57. The standard InChI is InChI=1S/C15H25/c1-10-5-8-15(4)11(2)9-14(3)7-6-12(10)13(14)15/h10,12-13H,5-9H2,1-4H3/q+1/t10-,12-,13-,14-,15+/m0/s1. The van der Waals surface area contributed by atoms with Gasteiger partial charge in [0.05, 0.1) is 19.3 Å². The van der Waals surface area contributed by atoms with Crippen LogP contribution in [0.25, 0.3) is 0 Å². The quantitative estimate of drug-likeness (QED) is 0.512. The van der Waals surface area contributed by atoms with E-state index in [0.717, 1.165) is 17.8 Å². The summed E-state index contributed by atoms with van der Waals surface area (Å²) in [5, 5.41) is 0. The van der Waals surface area contributed by atoms with Crippen LogP contribution in [-0.2, 0) is 0 Å². The molecule has 3 fully saturated rings. The maximum absolute atomic E-state index is 2.57. The van der Waals surface area contributed by atoms with Crippen LogP contribution in [0.5, 0.6) is 0 Å². The molecule has 0 aromatic heterocycles. The molecule has 0 aromatic rings. The summed E-state index contributed by atoms with van der Waals surface area (Å²) in [4.78, 5) is 0. The fourth-order valence-corrected chi connectivity index (χ4v) is 5.57. The zero-order chi connectivity index (χ0) is 10.8. The minimum Gasteiger partial charge on any atom is -0.0622 e. The summed E-state index contributed by atoms with van der Waals surface area (Å²) in [5.74, 6) is 4.89. The first-order valence-corrected chi connectivity index (χ1v) is 6.80. The average Bonchev–Trinajstić information content (AvgIpc) is 2.59. The Morgan fingerprint density at radius 1 is 1.13 bits per heavy atom. The fraction of sp³-hybridized carbons (Fsp3) is 0.933. The largest absolute Gasteiger partial charge is 0.111 e. The average molecular weight is 205 g/mol. The number of hydrogen-bond acceptors (Lipinski definition) is 0. The van der Waals surface area contributed by atoms with Crippen LogP contribution in [0.4, 0.5) is 0 Å². The van der Waals surface area contributed by atoms with Crippen LogP contribution >= 0.6 is 0 Å². The molecular weight excluding hydrogens is 180 g/mol. The highest BCUT2D eigenvalue weighted by Gasteiger charge is 2.69. The third-order valence-corrected chi connectivity index (χ3v) is 6.41. The van der Waals surface area contributed by atoms with E-state index in [0.29, 0.717) is 10.8 Å². The molecule has 0 aliphatic heterocycles. The minimum absolute atomic E-state index is 0.614. The van der Waals surface area contributed by atoms with E-state index in [1.807, 2.05) is 5.92 Å². The Labute approximate surface area is 94.8 Å². The first-order chi connectivity index (χ1) is 6.97. The van der Waals surface area contributed by atoms with Crippen molar-refractivity contribution < 1.29 is 0 Å². The van der Waals surface area contributed by atoms with Gasteiger partial charge in [-0.15, -0.1) is 0 Å². The van der Waals surface area contributed by atoms with E-state index in [1.54, 1.807) is 0 Å². The molecule has 3 rings (SSSR count). The predicted molar refractivity (Wildman–Crippen MR) is 64.4 cm³/mol. The SMILES string of the molecule is C[C+]1C[C@]2(C)CC[C@H]3[C@@H](C)CC[C@@]1(C)[C@@H]32. The Kier molecular flexibility index (Phi) is 1.85. The van der Waals surface area contributed by atoms with Gasteiger partial charge >= 0.3 is 0 Å². The molecule has 0 heterocycles. The van der Waals surface area contributed by atoms with Crippen LogP contribution in [-0.4, -0.2) is 0 Å². The Morgan fingerprint density at radius 2 is 1.87 bits per heavy atom. The van der Waals surface area contributed by atoms with Gasteiger partial charge in [-0.25, -0.2) is 0 Å².